The van der Waals surface area contributed by atoms with Gasteiger partial charge in [-0.15, -0.1) is 10.2 Å². The molecule has 1 heterocycles. The third-order valence-electron chi connectivity index (χ3n) is 1.70. The molecule has 0 aliphatic carbocycles. The molecular formula is C10H8N2O2S. The first-order valence-corrected chi connectivity index (χ1v) is 5.34. The van der Waals surface area contributed by atoms with Crippen LogP contribution >= 0.6 is 11.8 Å². The Bertz CT molecular complexity index is 442. The van der Waals surface area contributed by atoms with Gasteiger partial charge in [0.15, 0.2) is 0 Å². The number of hydrogen-bond acceptors (Lipinski definition) is 5. The molecular weight excluding hydrogens is 212 g/mol. The van der Waals surface area contributed by atoms with Gasteiger partial charge >= 0.3 is 0 Å². The van der Waals surface area contributed by atoms with Crippen LogP contribution in [0.4, 0.5) is 0 Å². The van der Waals surface area contributed by atoms with Crippen LogP contribution in [0.2, 0.25) is 0 Å². The highest BCUT2D eigenvalue weighted by molar-refractivity contribution is 7.99. The van der Waals surface area contributed by atoms with E-state index in [0.717, 1.165) is 11.8 Å². The third kappa shape index (κ3) is 2.44. The zero-order valence-corrected chi connectivity index (χ0v) is 8.61. The molecule has 5 heteroatoms. The highest BCUT2D eigenvalue weighted by atomic mass is 32.2. The first kappa shape index (κ1) is 9.92. The van der Waals surface area contributed by atoms with Gasteiger partial charge in [0, 0.05) is 5.56 Å². The van der Waals surface area contributed by atoms with E-state index in [-0.39, 0.29) is 0 Å². The summed E-state index contributed by atoms with van der Waals surface area (Å²) < 4.78 is 5.35. The predicted octanol–water partition coefficient (Wildman–Crippen LogP) is 2.03. The number of rotatable bonds is 4. The maximum absolute atomic E-state index is 10.1. The molecule has 0 bridgehead atoms. The van der Waals surface area contributed by atoms with E-state index in [0.29, 0.717) is 16.9 Å². The number of carbonyl (C=O) groups is 1. The minimum absolute atomic E-state index is 0.330. The molecule has 0 radical (unpaired) electrons. The summed E-state index contributed by atoms with van der Waals surface area (Å²) in [6, 6.07) is 9.50. The van der Waals surface area contributed by atoms with Crippen LogP contribution in [0.15, 0.2) is 40.0 Å². The van der Waals surface area contributed by atoms with Gasteiger partial charge in [0.05, 0.1) is 5.75 Å². The van der Waals surface area contributed by atoms with E-state index in [2.05, 4.69) is 10.2 Å². The smallest absolute Gasteiger partial charge is 0.277 e. The van der Waals surface area contributed by atoms with E-state index in [1.54, 1.807) is 0 Å². The fourth-order valence-corrected chi connectivity index (χ4v) is 1.52. The summed E-state index contributed by atoms with van der Waals surface area (Å²) in [7, 11) is 0. The molecule has 0 N–H and O–H groups in total. The van der Waals surface area contributed by atoms with E-state index in [1.807, 2.05) is 30.3 Å². The second kappa shape index (κ2) is 4.75. The summed E-state index contributed by atoms with van der Waals surface area (Å²) in [4.78, 5) is 10.1. The maximum Gasteiger partial charge on any atom is 0.277 e. The lowest BCUT2D eigenvalue weighted by Gasteiger charge is -1.91. The molecule has 2 rings (SSSR count). The van der Waals surface area contributed by atoms with Crippen LogP contribution in [0, 0.1) is 0 Å². The molecule has 15 heavy (non-hydrogen) atoms. The van der Waals surface area contributed by atoms with Gasteiger partial charge in [0.25, 0.3) is 5.22 Å². The number of aromatic nitrogens is 2. The monoisotopic (exact) mass is 220 g/mol. The van der Waals surface area contributed by atoms with Crippen LogP contribution in [0.1, 0.15) is 0 Å². The minimum atomic E-state index is 0.330. The zero-order chi connectivity index (χ0) is 10.5. The average Bonchev–Trinajstić information content (AvgIpc) is 2.76. The number of aldehydes is 1. The SMILES string of the molecule is O=CCSc1nnc(-c2ccccc2)o1. The van der Waals surface area contributed by atoms with E-state index >= 15 is 0 Å². The third-order valence-corrected chi connectivity index (χ3v) is 2.42. The Kier molecular flexibility index (Phi) is 3.14. The molecule has 0 unspecified atom stereocenters. The van der Waals surface area contributed by atoms with Crippen LogP contribution in [0.3, 0.4) is 0 Å². The Balaban J connectivity index is 2.17. The maximum atomic E-state index is 10.1. The molecule has 2 aromatic rings. The molecule has 1 aromatic carbocycles. The summed E-state index contributed by atoms with van der Waals surface area (Å²) in [5, 5.41) is 8.12. The van der Waals surface area contributed by atoms with Gasteiger partial charge in [0.1, 0.15) is 6.29 Å². The van der Waals surface area contributed by atoms with Crippen molar-refractivity contribution in [2.75, 3.05) is 5.75 Å². The van der Waals surface area contributed by atoms with Gasteiger partial charge < -0.3 is 9.21 Å². The van der Waals surface area contributed by atoms with Crippen molar-refractivity contribution < 1.29 is 9.21 Å². The van der Waals surface area contributed by atoms with Crippen LogP contribution in [-0.4, -0.2) is 22.2 Å². The highest BCUT2D eigenvalue weighted by Crippen LogP contribution is 2.21. The van der Waals surface area contributed by atoms with E-state index in [1.165, 1.54) is 11.8 Å². The molecule has 0 atom stereocenters. The number of carbonyl (C=O) groups excluding carboxylic acids is 1. The van der Waals surface area contributed by atoms with E-state index in [9.17, 15) is 4.79 Å². The van der Waals surface area contributed by atoms with Gasteiger partial charge in [-0.1, -0.05) is 30.0 Å². The largest absolute Gasteiger partial charge is 0.411 e. The fraction of sp³-hybridized carbons (Fsp3) is 0.100. The van der Waals surface area contributed by atoms with Crippen LogP contribution in [-0.2, 0) is 4.79 Å². The van der Waals surface area contributed by atoms with Crippen molar-refractivity contribution in [2.24, 2.45) is 0 Å². The van der Waals surface area contributed by atoms with Crippen LogP contribution < -0.4 is 0 Å². The van der Waals surface area contributed by atoms with Crippen molar-refractivity contribution in [1.29, 1.82) is 0 Å². The molecule has 1 aromatic heterocycles. The average molecular weight is 220 g/mol. The quantitative estimate of drug-likeness (QED) is 0.583. The standard InChI is InChI=1S/C10H8N2O2S/c13-6-7-15-10-12-11-9(14-10)8-4-2-1-3-5-8/h1-6H,7H2. The normalized spacial score (nSPS) is 10.1. The number of thioether (sulfide) groups is 1. The lowest BCUT2D eigenvalue weighted by molar-refractivity contribution is -0.105. The number of nitrogens with zero attached hydrogens (tertiary/aromatic N) is 2. The van der Waals surface area contributed by atoms with Crippen molar-refractivity contribution in [1.82, 2.24) is 10.2 Å². The lowest BCUT2D eigenvalue weighted by Crippen LogP contribution is -1.78. The van der Waals surface area contributed by atoms with Crippen molar-refractivity contribution in [3.8, 4) is 11.5 Å². The summed E-state index contributed by atoms with van der Waals surface area (Å²) in [6.07, 6.45) is 0.803. The Morgan fingerprint density at radius 3 is 2.80 bits per heavy atom. The van der Waals surface area contributed by atoms with Crippen molar-refractivity contribution in [3.63, 3.8) is 0 Å². The topological polar surface area (TPSA) is 56.0 Å². The summed E-state index contributed by atoms with van der Waals surface area (Å²) in [6.45, 7) is 0. The van der Waals surface area contributed by atoms with Gasteiger partial charge in [-0.25, -0.2) is 0 Å². The van der Waals surface area contributed by atoms with Gasteiger partial charge in [-0.05, 0) is 12.1 Å². The van der Waals surface area contributed by atoms with Crippen molar-refractivity contribution in [3.05, 3.63) is 30.3 Å². The Labute approximate surface area is 90.7 Å². The summed E-state index contributed by atoms with van der Waals surface area (Å²) in [5.74, 6) is 0.806. The Morgan fingerprint density at radius 1 is 1.27 bits per heavy atom. The molecule has 0 saturated heterocycles. The second-order valence-electron chi connectivity index (χ2n) is 2.72. The summed E-state index contributed by atoms with van der Waals surface area (Å²) in [5.41, 5.74) is 0.878. The van der Waals surface area contributed by atoms with Crippen molar-refractivity contribution >= 4 is 18.0 Å². The molecule has 4 nitrogen and oxygen atoms in total. The van der Waals surface area contributed by atoms with E-state index < -0.39 is 0 Å². The minimum Gasteiger partial charge on any atom is -0.411 e. The zero-order valence-electron chi connectivity index (χ0n) is 7.79. The van der Waals surface area contributed by atoms with E-state index in [4.69, 9.17) is 4.42 Å². The molecule has 0 fully saturated rings. The lowest BCUT2D eigenvalue weighted by atomic mass is 10.2. The van der Waals surface area contributed by atoms with Crippen LogP contribution in [0.5, 0.6) is 0 Å². The Morgan fingerprint density at radius 2 is 2.07 bits per heavy atom. The predicted molar refractivity (Wildman–Crippen MR) is 56.5 cm³/mol. The highest BCUT2D eigenvalue weighted by Gasteiger charge is 2.07. The first-order valence-electron chi connectivity index (χ1n) is 4.35. The Hall–Kier alpha value is -1.62. The van der Waals surface area contributed by atoms with Crippen LogP contribution in [0.25, 0.3) is 11.5 Å². The number of benzene rings is 1. The molecule has 0 aliphatic heterocycles. The van der Waals surface area contributed by atoms with Crippen molar-refractivity contribution in [2.45, 2.75) is 5.22 Å². The molecule has 76 valence electrons. The first-order chi connectivity index (χ1) is 7.40. The molecule has 0 spiro atoms. The molecule has 0 aliphatic rings. The van der Waals surface area contributed by atoms with Gasteiger partial charge in [-0.2, -0.15) is 0 Å². The molecule has 0 saturated carbocycles. The van der Waals surface area contributed by atoms with Gasteiger partial charge in [0.2, 0.25) is 5.89 Å². The number of hydrogen-bond donors (Lipinski definition) is 0. The molecule has 0 amide bonds. The fourth-order valence-electron chi connectivity index (χ4n) is 1.07. The second-order valence-corrected chi connectivity index (χ2v) is 3.69. The van der Waals surface area contributed by atoms with Gasteiger partial charge in [-0.3, -0.25) is 0 Å². The summed E-state index contributed by atoms with van der Waals surface area (Å²) >= 11 is 1.23.